The Kier molecular flexibility index (Phi) is 5.51. The van der Waals surface area contributed by atoms with E-state index in [-0.39, 0.29) is 22.8 Å². The molecular weight excluding hydrogens is 416 g/mol. The molecule has 4 aromatic rings. The number of aryl methyl sites for hydroxylation is 1. The molecule has 2 aromatic carbocycles. The van der Waals surface area contributed by atoms with Crippen molar-refractivity contribution >= 4 is 34.5 Å². The van der Waals surface area contributed by atoms with E-state index >= 15 is 0 Å². The van der Waals surface area contributed by atoms with Gasteiger partial charge in [0.2, 0.25) is 5.88 Å². The maximum atomic E-state index is 13.1. The van der Waals surface area contributed by atoms with Crippen LogP contribution in [0, 0.1) is 6.92 Å². The van der Waals surface area contributed by atoms with Crippen LogP contribution in [0.4, 0.5) is 0 Å². The van der Waals surface area contributed by atoms with Crippen LogP contribution in [-0.2, 0) is 0 Å². The van der Waals surface area contributed by atoms with Crippen molar-refractivity contribution in [2.45, 2.75) is 6.92 Å². The van der Waals surface area contributed by atoms with Crippen LogP contribution in [0.1, 0.15) is 21.6 Å². The van der Waals surface area contributed by atoms with Crippen molar-refractivity contribution in [3.05, 3.63) is 98.9 Å². The van der Waals surface area contributed by atoms with Gasteiger partial charge in [0, 0.05) is 16.5 Å². The van der Waals surface area contributed by atoms with E-state index in [1.165, 1.54) is 6.21 Å². The molecule has 0 spiro atoms. The van der Waals surface area contributed by atoms with Gasteiger partial charge in [0.05, 0.1) is 22.4 Å². The van der Waals surface area contributed by atoms with Crippen molar-refractivity contribution in [1.29, 1.82) is 0 Å². The maximum absolute atomic E-state index is 13.1. The number of carbonyl (C=O) groups is 1. The van der Waals surface area contributed by atoms with Gasteiger partial charge in [0.1, 0.15) is 5.82 Å². The molecule has 1 amide bonds. The number of benzene rings is 2. The largest absolute Gasteiger partial charge is 0.494 e. The fourth-order valence-corrected chi connectivity index (χ4v) is 3.44. The smallest absolute Gasteiger partial charge is 0.272 e. The molecule has 154 valence electrons. The van der Waals surface area contributed by atoms with Crippen LogP contribution in [0.15, 0.2) is 76.6 Å². The lowest BCUT2D eigenvalue weighted by molar-refractivity contribution is 0.0955. The Balaban J connectivity index is 1.80. The Morgan fingerprint density at radius 3 is 2.52 bits per heavy atom. The highest BCUT2D eigenvalue weighted by Crippen LogP contribution is 2.25. The Hall–Kier alpha value is -3.97. The zero-order chi connectivity index (χ0) is 22.0. The molecule has 0 bridgehead atoms. The van der Waals surface area contributed by atoms with E-state index in [1.54, 1.807) is 73.7 Å². The van der Waals surface area contributed by atoms with Crippen molar-refractivity contribution in [3.8, 4) is 11.7 Å². The average Bonchev–Trinajstić information content (AvgIpc) is 2.76. The van der Waals surface area contributed by atoms with Crippen molar-refractivity contribution in [2.24, 2.45) is 5.10 Å². The van der Waals surface area contributed by atoms with E-state index in [4.69, 9.17) is 11.6 Å². The van der Waals surface area contributed by atoms with Crippen LogP contribution in [0.25, 0.3) is 16.6 Å². The summed E-state index contributed by atoms with van der Waals surface area (Å²) in [6.45, 7) is 1.79. The first kappa shape index (κ1) is 20.3. The van der Waals surface area contributed by atoms with E-state index < -0.39 is 11.5 Å². The molecule has 0 aliphatic carbocycles. The maximum Gasteiger partial charge on any atom is 0.272 e. The Morgan fingerprint density at radius 2 is 1.77 bits per heavy atom. The average molecular weight is 433 g/mol. The van der Waals surface area contributed by atoms with Gasteiger partial charge in [-0.2, -0.15) is 5.10 Å². The number of aromatic nitrogens is 2. The molecule has 0 saturated heterocycles. The van der Waals surface area contributed by atoms with E-state index in [0.717, 1.165) is 4.57 Å². The first-order chi connectivity index (χ1) is 15.0. The molecule has 0 saturated carbocycles. The van der Waals surface area contributed by atoms with Crippen LogP contribution >= 0.6 is 11.6 Å². The van der Waals surface area contributed by atoms with Gasteiger partial charge in [0.15, 0.2) is 0 Å². The number of amides is 1. The third-order valence-corrected chi connectivity index (χ3v) is 5.01. The summed E-state index contributed by atoms with van der Waals surface area (Å²) in [6, 6.07) is 18.6. The van der Waals surface area contributed by atoms with Crippen molar-refractivity contribution in [2.75, 3.05) is 0 Å². The number of nitrogens with one attached hydrogen (secondary N) is 1. The predicted octanol–water partition coefficient (Wildman–Crippen LogP) is 3.82. The zero-order valence-corrected chi connectivity index (χ0v) is 17.2. The van der Waals surface area contributed by atoms with E-state index in [2.05, 4.69) is 15.5 Å². The molecule has 0 radical (unpaired) electrons. The van der Waals surface area contributed by atoms with Crippen LogP contribution in [0.3, 0.4) is 0 Å². The molecule has 31 heavy (non-hydrogen) atoms. The summed E-state index contributed by atoms with van der Waals surface area (Å²) in [7, 11) is 0. The molecule has 8 heteroatoms. The van der Waals surface area contributed by atoms with Gasteiger partial charge in [-0.1, -0.05) is 48.0 Å². The second-order valence-corrected chi connectivity index (χ2v) is 7.15. The number of hydrazone groups is 1. The standard InChI is InChI=1S/C23H17ClN4O3/c1-14-7-6-12-20(26-14)28-22(30)16-9-3-2-8-15(16)18(23(28)31)13-25-27-21(29)17-10-4-5-11-19(17)24/h2-13,31H,1H3,(H,27,29)/b25-13+. The summed E-state index contributed by atoms with van der Waals surface area (Å²) in [5.74, 6) is -0.556. The van der Waals surface area contributed by atoms with Crippen molar-refractivity contribution in [1.82, 2.24) is 15.0 Å². The first-order valence-corrected chi connectivity index (χ1v) is 9.74. The Bertz CT molecular complexity index is 1400. The minimum absolute atomic E-state index is 0.262. The normalized spacial score (nSPS) is 11.2. The molecule has 0 atom stereocenters. The Morgan fingerprint density at radius 1 is 1.06 bits per heavy atom. The van der Waals surface area contributed by atoms with Crippen LogP contribution in [0.5, 0.6) is 5.88 Å². The lowest BCUT2D eigenvalue weighted by Gasteiger charge is -2.13. The monoisotopic (exact) mass is 432 g/mol. The first-order valence-electron chi connectivity index (χ1n) is 9.36. The highest BCUT2D eigenvalue weighted by molar-refractivity contribution is 6.33. The van der Waals surface area contributed by atoms with E-state index in [1.807, 2.05) is 0 Å². The van der Waals surface area contributed by atoms with E-state index in [0.29, 0.717) is 21.5 Å². The summed E-state index contributed by atoms with van der Waals surface area (Å²) in [6.07, 6.45) is 1.29. The number of nitrogens with zero attached hydrogens (tertiary/aromatic N) is 3. The quantitative estimate of drug-likeness (QED) is 0.378. The van der Waals surface area contributed by atoms with E-state index in [9.17, 15) is 14.7 Å². The molecule has 2 N–H and O–H groups in total. The molecule has 4 rings (SSSR count). The van der Waals surface area contributed by atoms with Crippen molar-refractivity contribution in [3.63, 3.8) is 0 Å². The third kappa shape index (κ3) is 3.91. The van der Waals surface area contributed by atoms with Gasteiger partial charge in [-0.15, -0.1) is 0 Å². The Labute approximate surface area is 182 Å². The number of carbonyl (C=O) groups excluding carboxylic acids is 1. The molecule has 2 aromatic heterocycles. The summed E-state index contributed by atoms with van der Waals surface area (Å²) in [4.78, 5) is 29.7. The number of aromatic hydroxyl groups is 1. The van der Waals surface area contributed by atoms with Crippen LogP contribution in [-0.4, -0.2) is 26.8 Å². The minimum Gasteiger partial charge on any atom is -0.494 e. The predicted molar refractivity (Wildman–Crippen MR) is 120 cm³/mol. The molecular formula is C23H17ClN4O3. The topological polar surface area (TPSA) is 96.6 Å². The van der Waals surface area contributed by atoms with Gasteiger partial charge >= 0.3 is 0 Å². The highest BCUT2D eigenvalue weighted by atomic mass is 35.5. The van der Waals surface area contributed by atoms with Gasteiger partial charge in [-0.05, 0) is 37.3 Å². The minimum atomic E-state index is -0.501. The number of rotatable bonds is 4. The second kappa shape index (κ2) is 8.41. The molecule has 2 heterocycles. The number of halogens is 1. The summed E-state index contributed by atoms with van der Waals surface area (Å²) < 4.78 is 1.12. The summed E-state index contributed by atoms with van der Waals surface area (Å²) >= 11 is 6.04. The third-order valence-electron chi connectivity index (χ3n) is 4.68. The molecule has 0 aliphatic heterocycles. The molecule has 0 aliphatic rings. The fourth-order valence-electron chi connectivity index (χ4n) is 3.22. The molecule has 0 fully saturated rings. The van der Waals surface area contributed by atoms with Gasteiger partial charge in [-0.3, -0.25) is 9.59 Å². The van der Waals surface area contributed by atoms with Gasteiger partial charge in [-0.25, -0.2) is 15.0 Å². The lowest BCUT2D eigenvalue weighted by Crippen LogP contribution is -2.22. The number of pyridine rings is 2. The van der Waals surface area contributed by atoms with Gasteiger partial charge < -0.3 is 5.11 Å². The van der Waals surface area contributed by atoms with Crippen LogP contribution < -0.4 is 11.0 Å². The van der Waals surface area contributed by atoms with Crippen molar-refractivity contribution < 1.29 is 9.90 Å². The highest BCUT2D eigenvalue weighted by Gasteiger charge is 2.17. The second-order valence-electron chi connectivity index (χ2n) is 6.74. The SMILES string of the molecule is Cc1cccc(-n2c(O)c(/C=N/NC(=O)c3ccccc3Cl)c3ccccc3c2=O)n1. The lowest BCUT2D eigenvalue weighted by atomic mass is 10.1. The number of hydrogen-bond acceptors (Lipinski definition) is 5. The van der Waals surface area contributed by atoms with Crippen LogP contribution in [0.2, 0.25) is 5.02 Å². The van der Waals surface area contributed by atoms with Gasteiger partial charge in [0.25, 0.3) is 11.5 Å². The molecule has 7 nitrogen and oxygen atoms in total. The number of hydrogen-bond donors (Lipinski definition) is 2. The fraction of sp³-hybridized carbons (Fsp3) is 0.0435. The number of fused-ring (bicyclic) bond motifs is 1. The summed E-state index contributed by atoms with van der Waals surface area (Å²) in [5.41, 5.74) is 3.21. The zero-order valence-electron chi connectivity index (χ0n) is 16.4. The summed E-state index contributed by atoms with van der Waals surface area (Å²) in [5, 5.41) is 16.1. The molecule has 0 unspecified atom stereocenters.